The van der Waals surface area contributed by atoms with Crippen LogP contribution in [0.15, 0.2) is 52.9 Å². The van der Waals surface area contributed by atoms with Gasteiger partial charge in [-0.25, -0.2) is 0 Å². The molecule has 0 unspecified atom stereocenters. The first-order valence-electron chi connectivity index (χ1n) is 8.06. The molecule has 2 aromatic carbocycles. The number of benzene rings is 2. The van der Waals surface area contributed by atoms with E-state index < -0.39 is 10.8 Å². The summed E-state index contributed by atoms with van der Waals surface area (Å²) >= 11 is 11.9. The van der Waals surface area contributed by atoms with E-state index in [2.05, 4.69) is 5.32 Å². The lowest BCUT2D eigenvalue weighted by molar-refractivity contribution is -0.384. The summed E-state index contributed by atoms with van der Waals surface area (Å²) in [6.45, 7) is 1.85. The van der Waals surface area contributed by atoms with Crippen LogP contribution < -0.4 is 10.1 Å². The number of nitro benzene ring substituents is 1. The van der Waals surface area contributed by atoms with Crippen LogP contribution in [0.2, 0.25) is 10.0 Å². The van der Waals surface area contributed by atoms with Gasteiger partial charge in [-0.15, -0.1) is 0 Å². The summed E-state index contributed by atoms with van der Waals surface area (Å²) in [5.41, 5.74) is 1.32. The number of anilines is 1. The average Bonchev–Trinajstić information content (AvgIpc) is 3.12. The number of aryl methyl sites for hydroxylation is 1. The molecule has 0 saturated heterocycles. The molecule has 7 nitrogen and oxygen atoms in total. The van der Waals surface area contributed by atoms with Crippen molar-refractivity contribution in [3.63, 3.8) is 0 Å². The van der Waals surface area contributed by atoms with Crippen LogP contribution in [0.4, 0.5) is 11.4 Å². The molecule has 0 radical (unpaired) electrons. The van der Waals surface area contributed by atoms with Crippen molar-refractivity contribution in [2.45, 2.75) is 13.5 Å². The van der Waals surface area contributed by atoms with Gasteiger partial charge in [0.1, 0.15) is 18.1 Å². The maximum atomic E-state index is 12.3. The predicted octanol–water partition coefficient (Wildman–Crippen LogP) is 5.63. The summed E-state index contributed by atoms with van der Waals surface area (Å²) in [6, 6.07) is 12.2. The number of ether oxygens (including phenoxy) is 1. The highest BCUT2D eigenvalue weighted by atomic mass is 35.5. The Labute approximate surface area is 170 Å². The number of halogens is 2. The third-order valence-corrected chi connectivity index (χ3v) is 4.36. The number of carbonyl (C=O) groups excluding carboxylic acids is 1. The van der Waals surface area contributed by atoms with Crippen LogP contribution in [0.1, 0.15) is 21.9 Å². The molecule has 0 aliphatic carbocycles. The standard InChI is InChI=1S/C19H14Cl2N2O5/c1-11-2-3-12(20)8-16(11)22-19(24)18-7-5-14(28-18)10-27-17-6-4-13(23(25)26)9-15(17)21/h2-9H,10H2,1H3,(H,22,24). The first kappa shape index (κ1) is 19.7. The highest BCUT2D eigenvalue weighted by Gasteiger charge is 2.15. The minimum Gasteiger partial charge on any atom is -0.484 e. The van der Waals surface area contributed by atoms with Crippen LogP contribution in [0.25, 0.3) is 0 Å². The van der Waals surface area contributed by atoms with Gasteiger partial charge in [0.25, 0.3) is 11.6 Å². The second-order valence-electron chi connectivity index (χ2n) is 5.84. The molecule has 0 atom stereocenters. The zero-order valence-electron chi connectivity index (χ0n) is 14.6. The zero-order valence-corrected chi connectivity index (χ0v) is 16.1. The third kappa shape index (κ3) is 4.62. The van der Waals surface area contributed by atoms with E-state index in [9.17, 15) is 14.9 Å². The van der Waals surface area contributed by atoms with E-state index in [0.29, 0.717) is 16.5 Å². The molecule has 0 aliphatic heterocycles. The molecular formula is C19H14Cl2N2O5. The molecule has 1 heterocycles. The monoisotopic (exact) mass is 420 g/mol. The van der Waals surface area contributed by atoms with Crippen molar-refractivity contribution >= 4 is 40.5 Å². The fourth-order valence-electron chi connectivity index (χ4n) is 2.36. The van der Waals surface area contributed by atoms with Gasteiger partial charge in [0, 0.05) is 22.8 Å². The summed E-state index contributed by atoms with van der Waals surface area (Å²) in [6.07, 6.45) is 0. The zero-order chi connectivity index (χ0) is 20.3. The average molecular weight is 421 g/mol. The second-order valence-corrected chi connectivity index (χ2v) is 6.68. The number of amides is 1. The molecule has 0 fully saturated rings. The van der Waals surface area contributed by atoms with Gasteiger partial charge >= 0.3 is 0 Å². The number of hydrogen-bond donors (Lipinski definition) is 1. The van der Waals surface area contributed by atoms with Gasteiger partial charge in [-0.1, -0.05) is 29.3 Å². The summed E-state index contributed by atoms with van der Waals surface area (Å²) in [4.78, 5) is 22.5. The van der Waals surface area contributed by atoms with Crippen molar-refractivity contribution in [3.05, 3.63) is 85.8 Å². The van der Waals surface area contributed by atoms with Crippen molar-refractivity contribution in [2.75, 3.05) is 5.32 Å². The molecule has 0 spiro atoms. The number of non-ortho nitro benzene ring substituents is 1. The van der Waals surface area contributed by atoms with Gasteiger partial charge < -0.3 is 14.5 Å². The summed E-state index contributed by atoms with van der Waals surface area (Å²) in [5, 5.41) is 14.1. The Morgan fingerprint density at radius 1 is 1.18 bits per heavy atom. The number of furan rings is 1. The number of carbonyl (C=O) groups is 1. The molecule has 1 amide bonds. The topological polar surface area (TPSA) is 94.6 Å². The van der Waals surface area contributed by atoms with E-state index in [1.54, 1.807) is 24.3 Å². The van der Waals surface area contributed by atoms with Gasteiger partial charge in [-0.3, -0.25) is 14.9 Å². The Kier molecular flexibility index (Phi) is 5.87. The number of nitrogens with one attached hydrogen (secondary N) is 1. The minimum absolute atomic E-state index is 0.000996. The molecule has 3 aromatic rings. The van der Waals surface area contributed by atoms with Gasteiger partial charge in [0.05, 0.1) is 9.95 Å². The lowest BCUT2D eigenvalue weighted by Crippen LogP contribution is -2.11. The number of nitro groups is 1. The van der Waals surface area contributed by atoms with Gasteiger partial charge in [-0.05, 0) is 42.8 Å². The molecule has 1 aromatic heterocycles. The molecule has 3 rings (SSSR count). The molecule has 1 N–H and O–H groups in total. The molecule has 144 valence electrons. The largest absolute Gasteiger partial charge is 0.484 e. The van der Waals surface area contributed by atoms with E-state index in [4.69, 9.17) is 32.4 Å². The second kappa shape index (κ2) is 8.33. The van der Waals surface area contributed by atoms with Crippen molar-refractivity contribution in [2.24, 2.45) is 0 Å². The highest BCUT2D eigenvalue weighted by Crippen LogP contribution is 2.29. The maximum Gasteiger partial charge on any atom is 0.291 e. The van der Waals surface area contributed by atoms with Crippen LogP contribution >= 0.6 is 23.2 Å². The van der Waals surface area contributed by atoms with E-state index in [1.165, 1.54) is 24.3 Å². The molecular weight excluding hydrogens is 407 g/mol. The molecule has 0 saturated carbocycles. The Morgan fingerprint density at radius 2 is 1.96 bits per heavy atom. The Bertz CT molecular complexity index is 1050. The number of nitrogens with zero attached hydrogens (tertiary/aromatic N) is 1. The van der Waals surface area contributed by atoms with Crippen LogP contribution in [-0.2, 0) is 6.61 Å². The summed E-state index contributed by atoms with van der Waals surface area (Å²) in [5.74, 6) is 0.337. The van der Waals surface area contributed by atoms with E-state index in [0.717, 1.165) is 5.56 Å². The smallest absolute Gasteiger partial charge is 0.291 e. The third-order valence-electron chi connectivity index (χ3n) is 3.83. The molecule has 28 heavy (non-hydrogen) atoms. The number of rotatable bonds is 6. The van der Waals surface area contributed by atoms with E-state index in [1.807, 2.05) is 6.92 Å². The van der Waals surface area contributed by atoms with Crippen LogP contribution in [0, 0.1) is 17.0 Å². The SMILES string of the molecule is Cc1ccc(Cl)cc1NC(=O)c1ccc(COc2ccc([N+](=O)[O-])cc2Cl)o1. The normalized spacial score (nSPS) is 10.5. The quantitative estimate of drug-likeness (QED) is 0.411. The molecule has 9 heteroatoms. The Hall–Kier alpha value is -3.03. The lowest BCUT2D eigenvalue weighted by atomic mass is 10.2. The van der Waals surface area contributed by atoms with Gasteiger partial charge in [0.2, 0.25) is 0 Å². The minimum atomic E-state index is -0.547. The van der Waals surface area contributed by atoms with Crippen molar-refractivity contribution < 1.29 is 18.9 Å². The molecule has 0 bridgehead atoms. The number of hydrogen-bond acceptors (Lipinski definition) is 5. The predicted molar refractivity (Wildman–Crippen MR) is 105 cm³/mol. The first-order chi connectivity index (χ1) is 13.3. The van der Waals surface area contributed by atoms with E-state index >= 15 is 0 Å². The van der Waals surface area contributed by atoms with Crippen molar-refractivity contribution in [1.29, 1.82) is 0 Å². The van der Waals surface area contributed by atoms with Crippen LogP contribution in [-0.4, -0.2) is 10.8 Å². The van der Waals surface area contributed by atoms with Crippen molar-refractivity contribution in [3.8, 4) is 5.75 Å². The van der Waals surface area contributed by atoms with Crippen molar-refractivity contribution in [1.82, 2.24) is 0 Å². The van der Waals surface area contributed by atoms with Crippen LogP contribution in [0.3, 0.4) is 0 Å². The highest BCUT2D eigenvalue weighted by molar-refractivity contribution is 6.32. The molecule has 0 aliphatic rings. The van der Waals surface area contributed by atoms with E-state index in [-0.39, 0.29) is 28.8 Å². The lowest BCUT2D eigenvalue weighted by Gasteiger charge is -2.08. The summed E-state index contributed by atoms with van der Waals surface area (Å²) in [7, 11) is 0. The van der Waals surface area contributed by atoms with Gasteiger partial charge in [0.15, 0.2) is 5.76 Å². The summed E-state index contributed by atoms with van der Waals surface area (Å²) < 4.78 is 11.0. The fourth-order valence-corrected chi connectivity index (χ4v) is 2.76. The maximum absolute atomic E-state index is 12.3. The first-order valence-corrected chi connectivity index (χ1v) is 8.82. The van der Waals surface area contributed by atoms with Crippen LogP contribution in [0.5, 0.6) is 5.75 Å². The Morgan fingerprint density at radius 3 is 2.68 bits per heavy atom. The Balaban J connectivity index is 1.65. The van der Waals surface area contributed by atoms with Gasteiger partial charge in [-0.2, -0.15) is 0 Å². The fraction of sp³-hybridized carbons (Fsp3) is 0.105.